The number of ether oxygens (including phenoxy) is 1. The van der Waals surface area contributed by atoms with Gasteiger partial charge < -0.3 is 26.0 Å². The summed E-state index contributed by atoms with van der Waals surface area (Å²) in [5, 5.41) is 6.44. The maximum Gasteiger partial charge on any atom is 0.258 e. The summed E-state index contributed by atoms with van der Waals surface area (Å²) >= 11 is 0. The zero-order valence-electron chi connectivity index (χ0n) is 19.9. The Morgan fingerprint density at radius 2 is 1.74 bits per heavy atom. The maximum atomic E-state index is 13.0. The lowest BCUT2D eigenvalue weighted by molar-refractivity contribution is -0.110. The van der Waals surface area contributed by atoms with E-state index < -0.39 is 0 Å². The van der Waals surface area contributed by atoms with Crippen molar-refractivity contribution >= 4 is 34.2 Å². The van der Waals surface area contributed by atoms with Gasteiger partial charge in [0.05, 0.1) is 17.9 Å². The SMILES string of the molecule is Nc1ccc2c(c1)/C(=C(/Nc1ccc(OCCCN3CCCCC3)cc1)c1ccccc1)C(=O)N2. The number of likely N-dealkylation sites (tertiary alicyclic amines) is 1. The van der Waals surface area contributed by atoms with Gasteiger partial charge in [0.1, 0.15) is 5.75 Å². The van der Waals surface area contributed by atoms with Crippen LogP contribution in [0.3, 0.4) is 0 Å². The second-order valence-corrected chi connectivity index (χ2v) is 9.13. The normalized spacial score (nSPS) is 17.0. The van der Waals surface area contributed by atoms with Gasteiger partial charge in [-0.2, -0.15) is 0 Å². The summed E-state index contributed by atoms with van der Waals surface area (Å²) in [6.45, 7) is 4.24. The Bertz CT molecular complexity index is 1200. The number of nitrogens with one attached hydrogen (secondary N) is 2. The van der Waals surface area contributed by atoms with Crippen LogP contribution in [0.2, 0.25) is 0 Å². The molecule has 0 radical (unpaired) electrons. The van der Waals surface area contributed by atoms with Crippen LogP contribution in [0.15, 0.2) is 72.8 Å². The number of hydrogen-bond acceptors (Lipinski definition) is 5. The second-order valence-electron chi connectivity index (χ2n) is 9.13. The Morgan fingerprint density at radius 3 is 2.51 bits per heavy atom. The van der Waals surface area contributed by atoms with Crippen molar-refractivity contribution in [2.45, 2.75) is 25.7 Å². The lowest BCUT2D eigenvalue weighted by atomic mass is 9.99. The minimum Gasteiger partial charge on any atom is -0.494 e. The van der Waals surface area contributed by atoms with E-state index in [1.165, 1.54) is 32.4 Å². The van der Waals surface area contributed by atoms with Crippen molar-refractivity contribution in [3.05, 3.63) is 83.9 Å². The first-order valence-corrected chi connectivity index (χ1v) is 12.4. The van der Waals surface area contributed by atoms with Crippen LogP contribution in [-0.4, -0.2) is 37.0 Å². The Kier molecular flexibility index (Phi) is 7.00. The van der Waals surface area contributed by atoms with Crippen LogP contribution in [0.4, 0.5) is 17.1 Å². The van der Waals surface area contributed by atoms with E-state index in [9.17, 15) is 4.79 Å². The predicted octanol–water partition coefficient (Wildman–Crippen LogP) is 5.46. The summed E-state index contributed by atoms with van der Waals surface area (Å²) in [5.74, 6) is 0.699. The number of nitrogen functional groups attached to an aromatic ring is 1. The molecule has 0 unspecified atom stereocenters. The minimum atomic E-state index is -0.148. The van der Waals surface area contributed by atoms with E-state index in [-0.39, 0.29) is 5.91 Å². The molecule has 2 aliphatic rings. The lowest BCUT2D eigenvalue weighted by Gasteiger charge is -2.26. The fourth-order valence-corrected chi connectivity index (χ4v) is 4.76. The van der Waals surface area contributed by atoms with Crippen molar-refractivity contribution in [3.63, 3.8) is 0 Å². The molecule has 2 heterocycles. The first-order chi connectivity index (χ1) is 17.2. The van der Waals surface area contributed by atoms with Crippen molar-refractivity contribution in [3.8, 4) is 5.75 Å². The van der Waals surface area contributed by atoms with Gasteiger partial charge >= 0.3 is 0 Å². The first-order valence-electron chi connectivity index (χ1n) is 12.4. The number of nitrogens with zero attached hydrogens (tertiary/aromatic N) is 1. The van der Waals surface area contributed by atoms with Crippen molar-refractivity contribution in [2.24, 2.45) is 0 Å². The minimum absolute atomic E-state index is 0.148. The molecule has 5 rings (SSSR count). The molecule has 0 aromatic heterocycles. The Labute approximate surface area is 206 Å². The molecule has 180 valence electrons. The average Bonchev–Trinajstić information content (AvgIpc) is 3.22. The molecule has 1 amide bonds. The van der Waals surface area contributed by atoms with Crippen LogP contribution in [-0.2, 0) is 4.79 Å². The highest BCUT2D eigenvalue weighted by atomic mass is 16.5. The molecule has 0 spiro atoms. The van der Waals surface area contributed by atoms with Crippen LogP contribution in [0.5, 0.6) is 5.75 Å². The highest BCUT2D eigenvalue weighted by Crippen LogP contribution is 2.38. The molecule has 1 fully saturated rings. The van der Waals surface area contributed by atoms with Crippen LogP contribution in [0.25, 0.3) is 11.3 Å². The number of piperidine rings is 1. The Balaban J connectivity index is 1.31. The summed E-state index contributed by atoms with van der Waals surface area (Å²) in [4.78, 5) is 15.5. The van der Waals surface area contributed by atoms with Crippen LogP contribution >= 0.6 is 0 Å². The van der Waals surface area contributed by atoms with Gasteiger partial charge in [0.15, 0.2) is 0 Å². The first kappa shape index (κ1) is 23.0. The molecule has 0 aliphatic carbocycles. The van der Waals surface area contributed by atoms with Gasteiger partial charge in [0.2, 0.25) is 0 Å². The molecule has 35 heavy (non-hydrogen) atoms. The largest absolute Gasteiger partial charge is 0.494 e. The Morgan fingerprint density at radius 1 is 0.971 bits per heavy atom. The second kappa shape index (κ2) is 10.7. The standard InChI is InChI=1S/C29H32N4O2/c30-22-10-15-26-25(20-22)27(29(34)32-26)28(21-8-3-1-4-9-21)31-23-11-13-24(14-12-23)35-19-7-18-33-16-5-2-6-17-33/h1,3-4,8-15,20,31H,2,5-7,16-19,30H2,(H,32,34)/b28-27-. The zero-order chi connectivity index (χ0) is 24.0. The van der Waals surface area contributed by atoms with Crippen molar-refractivity contribution in [1.82, 2.24) is 4.90 Å². The summed E-state index contributed by atoms with van der Waals surface area (Å²) in [6, 6.07) is 23.3. The maximum absolute atomic E-state index is 13.0. The number of benzene rings is 3. The number of fused-ring (bicyclic) bond motifs is 1. The van der Waals surface area contributed by atoms with E-state index in [4.69, 9.17) is 10.5 Å². The van der Waals surface area contributed by atoms with Crippen LogP contribution in [0, 0.1) is 0 Å². The number of anilines is 3. The molecule has 3 aromatic carbocycles. The summed E-state index contributed by atoms with van der Waals surface area (Å²) in [5.41, 5.74) is 11.3. The molecule has 1 saturated heterocycles. The van der Waals surface area contributed by atoms with Gasteiger partial charge in [-0.05, 0) is 80.4 Å². The molecule has 0 atom stereocenters. The van der Waals surface area contributed by atoms with E-state index in [1.54, 1.807) is 6.07 Å². The smallest absolute Gasteiger partial charge is 0.258 e. The molecule has 0 bridgehead atoms. The molecule has 2 aliphatic heterocycles. The lowest BCUT2D eigenvalue weighted by Crippen LogP contribution is -2.31. The van der Waals surface area contributed by atoms with Crippen molar-refractivity contribution in [2.75, 3.05) is 42.6 Å². The zero-order valence-corrected chi connectivity index (χ0v) is 19.9. The van der Waals surface area contributed by atoms with Crippen molar-refractivity contribution < 1.29 is 9.53 Å². The fourth-order valence-electron chi connectivity index (χ4n) is 4.76. The van der Waals surface area contributed by atoms with Gasteiger partial charge in [0, 0.05) is 29.2 Å². The highest BCUT2D eigenvalue weighted by molar-refractivity contribution is 6.37. The van der Waals surface area contributed by atoms with Gasteiger partial charge in [-0.15, -0.1) is 0 Å². The number of carbonyl (C=O) groups is 1. The molecule has 6 nitrogen and oxygen atoms in total. The van der Waals surface area contributed by atoms with Gasteiger partial charge in [-0.25, -0.2) is 0 Å². The monoisotopic (exact) mass is 468 g/mol. The summed E-state index contributed by atoms with van der Waals surface area (Å²) in [6.07, 6.45) is 5.03. The highest BCUT2D eigenvalue weighted by Gasteiger charge is 2.28. The van der Waals surface area contributed by atoms with E-state index in [0.29, 0.717) is 17.9 Å². The summed E-state index contributed by atoms with van der Waals surface area (Å²) in [7, 11) is 0. The number of hydrogen-bond donors (Lipinski definition) is 3. The number of carbonyl (C=O) groups excluding carboxylic acids is 1. The number of amides is 1. The number of rotatable bonds is 8. The van der Waals surface area contributed by atoms with Crippen LogP contribution in [0.1, 0.15) is 36.8 Å². The third-order valence-electron chi connectivity index (χ3n) is 6.56. The number of nitrogens with two attached hydrogens (primary N) is 1. The molecular formula is C29H32N4O2. The topological polar surface area (TPSA) is 79.6 Å². The fraction of sp³-hybridized carbons (Fsp3) is 0.276. The third-order valence-corrected chi connectivity index (χ3v) is 6.56. The van der Waals surface area contributed by atoms with Gasteiger partial charge in [-0.1, -0.05) is 36.8 Å². The molecule has 3 aromatic rings. The molecule has 6 heteroatoms. The van der Waals surface area contributed by atoms with E-state index in [1.807, 2.05) is 66.7 Å². The summed E-state index contributed by atoms with van der Waals surface area (Å²) < 4.78 is 5.97. The molecular weight excluding hydrogens is 436 g/mol. The Hall–Kier alpha value is -3.77. The van der Waals surface area contributed by atoms with Gasteiger partial charge in [0.25, 0.3) is 5.91 Å². The van der Waals surface area contributed by atoms with E-state index >= 15 is 0 Å². The quantitative estimate of drug-likeness (QED) is 0.233. The van der Waals surface area contributed by atoms with E-state index in [2.05, 4.69) is 15.5 Å². The molecule has 0 saturated carbocycles. The van der Waals surface area contributed by atoms with Crippen molar-refractivity contribution in [1.29, 1.82) is 0 Å². The average molecular weight is 469 g/mol. The predicted molar refractivity (Wildman–Crippen MR) is 143 cm³/mol. The third kappa shape index (κ3) is 5.49. The van der Waals surface area contributed by atoms with E-state index in [0.717, 1.165) is 46.9 Å². The van der Waals surface area contributed by atoms with Crippen LogP contribution < -0.4 is 21.1 Å². The molecule has 4 N–H and O–H groups in total. The van der Waals surface area contributed by atoms with Gasteiger partial charge in [-0.3, -0.25) is 4.79 Å².